The topological polar surface area (TPSA) is 77.0 Å². The van der Waals surface area contributed by atoms with Gasteiger partial charge in [-0.3, -0.25) is 4.79 Å². The van der Waals surface area contributed by atoms with Crippen LogP contribution < -0.4 is 10.1 Å². The number of hydrogen-bond acceptors (Lipinski definition) is 5. The van der Waals surface area contributed by atoms with E-state index >= 15 is 0 Å². The summed E-state index contributed by atoms with van der Waals surface area (Å²) in [5.41, 5.74) is 0.998. The van der Waals surface area contributed by atoms with Crippen LogP contribution in [0.1, 0.15) is 5.56 Å². The average molecular weight is 344 g/mol. The van der Waals surface area contributed by atoms with E-state index in [1.807, 2.05) is 13.0 Å². The molecule has 1 saturated heterocycles. The molecule has 2 rings (SSSR count). The molecule has 0 aromatic heterocycles. The number of nitrogens with one attached hydrogen (secondary N) is 1. The van der Waals surface area contributed by atoms with E-state index < -0.39 is 6.10 Å². The van der Waals surface area contributed by atoms with E-state index in [4.69, 9.17) is 25.8 Å². The van der Waals surface area contributed by atoms with Crippen molar-refractivity contribution in [1.29, 1.82) is 0 Å². The van der Waals surface area contributed by atoms with E-state index in [1.54, 1.807) is 12.1 Å². The molecule has 6 nitrogen and oxygen atoms in total. The third kappa shape index (κ3) is 5.07. The van der Waals surface area contributed by atoms with Gasteiger partial charge in [-0.2, -0.15) is 0 Å². The predicted molar refractivity (Wildman–Crippen MR) is 85.8 cm³/mol. The van der Waals surface area contributed by atoms with E-state index in [0.717, 1.165) is 5.56 Å². The molecule has 1 aromatic carbocycles. The molecule has 0 radical (unpaired) electrons. The van der Waals surface area contributed by atoms with Crippen molar-refractivity contribution >= 4 is 17.5 Å². The molecular weight excluding hydrogens is 322 g/mol. The van der Waals surface area contributed by atoms with Crippen molar-refractivity contribution in [2.24, 2.45) is 5.92 Å². The number of carbonyl (C=O) groups excluding carboxylic acids is 1. The molecule has 1 aliphatic heterocycles. The van der Waals surface area contributed by atoms with Gasteiger partial charge in [0.25, 0.3) is 5.91 Å². The monoisotopic (exact) mass is 343 g/mol. The molecule has 0 aliphatic carbocycles. The summed E-state index contributed by atoms with van der Waals surface area (Å²) in [4.78, 5) is 11.9. The highest BCUT2D eigenvalue weighted by Gasteiger charge is 2.32. The van der Waals surface area contributed by atoms with E-state index in [-0.39, 0.29) is 24.5 Å². The standard InChI is InChI=1S/C16H22ClNO5/c1-10-3-4-12(17)13(5-10)23-9-15(19)18-6-11-7-22-8-14(21-2)16(11)20/h3-5,11,14,16,20H,6-9H2,1-2H3,(H,18,19)/t11-,14-,16+/m1/s1. The van der Waals surface area contributed by atoms with Crippen LogP contribution in [0, 0.1) is 12.8 Å². The summed E-state index contributed by atoms with van der Waals surface area (Å²) in [6, 6.07) is 5.37. The van der Waals surface area contributed by atoms with Crippen molar-refractivity contribution in [1.82, 2.24) is 5.32 Å². The minimum absolute atomic E-state index is 0.138. The molecule has 1 amide bonds. The summed E-state index contributed by atoms with van der Waals surface area (Å²) in [6.07, 6.45) is -1.03. The lowest BCUT2D eigenvalue weighted by Gasteiger charge is -2.33. The largest absolute Gasteiger partial charge is 0.482 e. The van der Waals surface area contributed by atoms with Crippen molar-refractivity contribution in [2.45, 2.75) is 19.1 Å². The van der Waals surface area contributed by atoms with Gasteiger partial charge in [0.15, 0.2) is 6.61 Å². The molecule has 1 fully saturated rings. The Balaban J connectivity index is 1.78. The molecule has 0 spiro atoms. The van der Waals surface area contributed by atoms with Gasteiger partial charge in [0.05, 0.1) is 24.3 Å². The number of hydrogen-bond donors (Lipinski definition) is 2. The number of halogens is 1. The maximum atomic E-state index is 11.9. The van der Waals surface area contributed by atoms with Crippen molar-refractivity contribution in [2.75, 3.05) is 33.5 Å². The molecule has 23 heavy (non-hydrogen) atoms. The van der Waals surface area contributed by atoms with Crippen LogP contribution in [0.4, 0.5) is 0 Å². The highest BCUT2D eigenvalue weighted by Crippen LogP contribution is 2.25. The molecule has 2 N–H and O–H groups in total. The molecule has 1 heterocycles. The molecule has 1 aromatic rings. The Bertz CT molecular complexity index is 539. The fourth-order valence-electron chi connectivity index (χ4n) is 2.38. The van der Waals surface area contributed by atoms with Crippen molar-refractivity contribution in [3.63, 3.8) is 0 Å². The second-order valence-electron chi connectivity index (χ2n) is 5.59. The zero-order valence-corrected chi connectivity index (χ0v) is 14.0. The first kappa shape index (κ1) is 18.0. The summed E-state index contributed by atoms with van der Waals surface area (Å²) in [7, 11) is 1.53. The van der Waals surface area contributed by atoms with Crippen LogP contribution in [0.15, 0.2) is 18.2 Å². The Labute approximate surface area is 140 Å². The summed E-state index contributed by atoms with van der Waals surface area (Å²) in [5, 5.41) is 13.3. The first-order valence-electron chi connectivity index (χ1n) is 7.45. The minimum Gasteiger partial charge on any atom is -0.482 e. The number of aryl methyl sites for hydroxylation is 1. The predicted octanol–water partition coefficient (Wildman–Crippen LogP) is 1.17. The van der Waals surface area contributed by atoms with Crippen LogP contribution >= 0.6 is 11.6 Å². The lowest BCUT2D eigenvalue weighted by Crippen LogP contribution is -2.49. The first-order valence-corrected chi connectivity index (χ1v) is 7.83. The molecule has 3 atom stereocenters. The number of rotatable bonds is 6. The van der Waals surface area contributed by atoms with Crippen molar-refractivity contribution < 1.29 is 24.1 Å². The van der Waals surface area contributed by atoms with Crippen LogP contribution in [0.2, 0.25) is 5.02 Å². The van der Waals surface area contributed by atoms with Crippen LogP contribution in [-0.2, 0) is 14.3 Å². The van der Waals surface area contributed by atoms with E-state index in [1.165, 1.54) is 7.11 Å². The Morgan fingerprint density at radius 3 is 3.00 bits per heavy atom. The summed E-state index contributed by atoms with van der Waals surface area (Å²) >= 11 is 6.01. The number of aliphatic hydroxyl groups is 1. The summed E-state index contributed by atoms with van der Waals surface area (Å²) in [6.45, 7) is 2.81. The normalized spacial score (nSPS) is 24.3. The SMILES string of the molecule is CO[C@@H]1COC[C@@H](CNC(=O)COc2cc(C)ccc2Cl)[C@@H]1O. The van der Waals surface area contributed by atoms with Gasteiger partial charge < -0.3 is 24.6 Å². The molecule has 0 unspecified atom stereocenters. The summed E-state index contributed by atoms with van der Waals surface area (Å²) < 4.78 is 15.9. The third-order valence-electron chi connectivity index (χ3n) is 3.79. The molecular formula is C16H22ClNO5. The molecule has 1 aliphatic rings. The second kappa shape index (κ2) is 8.49. The van der Waals surface area contributed by atoms with Gasteiger partial charge in [0.1, 0.15) is 11.9 Å². The van der Waals surface area contributed by atoms with Crippen molar-refractivity contribution in [3.05, 3.63) is 28.8 Å². The highest BCUT2D eigenvalue weighted by atomic mass is 35.5. The van der Waals surface area contributed by atoms with Gasteiger partial charge in [-0.1, -0.05) is 17.7 Å². The molecule has 0 bridgehead atoms. The van der Waals surface area contributed by atoms with E-state index in [9.17, 15) is 9.90 Å². The van der Waals surface area contributed by atoms with Gasteiger partial charge >= 0.3 is 0 Å². The number of ether oxygens (including phenoxy) is 3. The molecule has 128 valence electrons. The Kier molecular flexibility index (Phi) is 6.65. The second-order valence-corrected chi connectivity index (χ2v) is 6.00. The average Bonchev–Trinajstić information content (AvgIpc) is 2.54. The number of carbonyl (C=O) groups is 1. The zero-order chi connectivity index (χ0) is 16.8. The van der Waals surface area contributed by atoms with Gasteiger partial charge in [0, 0.05) is 19.6 Å². The van der Waals surface area contributed by atoms with Gasteiger partial charge in [-0.15, -0.1) is 0 Å². The van der Waals surface area contributed by atoms with Gasteiger partial charge in [-0.05, 0) is 24.6 Å². The number of benzene rings is 1. The lowest BCUT2D eigenvalue weighted by molar-refractivity contribution is -0.136. The first-order chi connectivity index (χ1) is 11.0. The molecule has 7 heteroatoms. The van der Waals surface area contributed by atoms with E-state index in [0.29, 0.717) is 30.5 Å². The van der Waals surface area contributed by atoms with Crippen LogP contribution in [0.25, 0.3) is 0 Å². The van der Waals surface area contributed by atoms with Gasteiger partial charge in [-0.25, -0.2) is 0 Å². The number of amides is 1. The quantitative estimate of drug-likeness (QED) is 0.810. The van der Waals surface area contributed by atoms with Crippen LogP contribution in [0.3, 0.4) is 0 Å². The van der Waals surface area contributed by atoms with E-state index in [2.05, 4.69) is 5.32 Å². The fourth-order valence-corrected chi connectivity index (χ4v) is 2.56. The maximum Gasteiger partial charge on any atom is 0.257 e. The zero-order valence-electron chi connectivity index (χ0n) is 13.3. The van der Waals surface area contributed by atoms with Crippen molar-refractivity contribution in [3.8, 4) is 5.75 Å². The number of aliphatic hydroxyl groups excluding tert-OH is 1. The smallest absolute Gasteiger partial charge is 0.257 e. The van der Waals surface area contributed by atoms with Crippen LogP contribution in [-0.4, -0.2) is 56.7 Å². The highest BCUT2D eigenvalue weighted by molar-refractivity contribution is 6.32. The summed E-state index contributed by atoms with van der Waals surface area (Å²) in [5.74, 6) is -0.0168. The Hall–Kier alpha value is -1.34. The fraction of sp³-hybridized carbons (Fsp3) is 0.562. The maximum absolute atomic E-state index is 11.9. The Morgan fingerprint density at radius 2 is 2.26 bits per heavy atom. The lowest BCUT2D eigenvalue weighted by atomic mass is 9.96. The van der Waals surface area contributed by atoms with Crippen LogP contribution in [0.5, 0.6) is 5.75 Å². The minimum atomic E-state index is -0.666. The number of methoxy groups -OCH3 is 1. The third-order valence-corrected chi connectivity index (χ3v) is 4.10. The Morgan fingerprint density at radius 1 is 1.48 bits per heavy atom. The van der Waals surface area contributed by atoms with Gasteiger partial charge in [0.2, 0.25) is 0 Å². The molecule has 0 saturated carbocycles.